The summed E-state index contributed by atoms with van der Waals surface area (Å²) in [6.07, 6.45) is 6.30. The summed E-state index contributed by atoms with van der Waals surface area (Å²) in [5, 5.41) is 8.32. The van der Waals surface area contributed by atoms with E-state index in [2.05, 4.69) is 0 Å². The summed E-state index contributed by atoms with van der Waals surface area (Å²) in [4.78, 5) is 11.3. The standard InChI is InChI=1S/C12H12O2S/c13-12(14)9-5-2-6-10-15-11-7-3-1-4-8-11/h1-9H,10H2,(H,13,14)/b6-2+,9-5+. The monoisotopic (exact) mass is 220 g/mol. The van der Waals surface area contributed by atoms with Crippen LogP contribution in [0.2, 0.25) is 0 Å². The number of benzene rings is 1. The maximum absolute atomic E-state index is 10.1. The van der Waals surface area contributed by atoms with E-state index in [0.717, 1.165) is 11.8 Å². The summed E-state index contributed by atoms with van der Waals surface area (Å²) in [6.45, 7) is 0. The van der Waals surface area contributed by atoms with E-state index in [1.807, 2.05) is 36.4 Å². The zero-order valence-corrected chi connectivity index (χ0v) is 8.98. The fraction of sp³-hybridized carbons (Fsp3) is 0.0833. The molecule has 0 amide bonds. The van der Waals surface area contributed by atoms with E-state index in [0.29, 0.717) is 0 Å². The minimum atomic E-state index is -0.921. The zero-order valence-electron chi connectivity index (χ0n) is 8.17. The second-order valence-electron chi connectivity index (χ2n) is 2.75. The van der Waals surface area contributed by atoms with Crippen LogP contribution in [0.4, 0.5) is 0 Å². The van der Waals surface area contributed by atoms with E-state index in [9.17, 15) is 4.79 Å². The molecular formula is C12H12O2S. The summed E-state index contributed by atoms with van der Waals surface area (Å²) in [7, 11) is 0. The van der Waals surface area contributed by atoms with Crippen LogP contribution < -0.4 is 0 Å². The van der Waals surface area contributed by atoms with Gasteiger partial charge in [0.2, 0.25) is 0 Å². The number of allylic oxidation sites excluding steroid dienone is 2. The number of hydrogen-bond donors (Lipinski definition) is 1. The lowest BCUT2D eigenvalue weighted by molar-refractivity contribution is -0.131. The third-order valence-electron chi connectivity index (χ3n) is 1.58. The van der Waals surface area contributed by atoms with Crippen LogP contribution in [0, 0.1) is 0 Å². The zero-order chi connectivity index (χ0) is 10.9. The van der Waals surface area contributed by atoms with E-state index >= 15 is 0 Å². The van der Waals surface area contributed by atoms with E-state index in [1.54, 1.807) is 17.8 Å². The van der Waals surface area contributed by atoms with Crippen molar-refractivity contribution in [3.8, 4) is 0 Å². The van der Waals surface area contributed by atoms with Crippen LogP contribution in [0.15, 0.2) is 59.5 Å². The number of rotatable bonds is 5. The van der Waals surface area contributed by atoms with Crippen molar-refractivity contribution in [2.75, 3.05) is 5.75 Å². The van der Waals surface area contributed by atoms with E-state index in [1.165, 1.54) is 11.0 Å². The van der Waals surface area contributed by atoms with Gasteiger partial charge in [0.25, 0.3) is 0 Å². The lowest BCUT2D eigenvalue weighted by Crippen LogP contribution is -1.84. The maximum Gasteiger partial charge on any atom is 0.328 e. The molecule has 1 rings (SSSR count). The van der Waals surface area contributed by atoms with Crippen molar-refractivity contribution in [2.45, 2.75) is 4.90 Å². The SMILES string of the molecule is O=C(O)/C=C/C=C/CSc1ccccc1. The molecule has 0 spiro atoms. The lowest BCUT2D eigenvalue weighted by Gasteiger charge is -1.95. The van der Waals surface area contributed by atoms with Gasteiger partial charge in [0.15, 0.2) is 0 Å². The molecule has 0 radical (unpaired) electrons. The highest BCUT2D eigenvalue weighted by Gasteiger charge is 1.87. The largest absolute Gasteiger partial charge is 0.478 e. The van der Waals surface area contributed by atoms with Crippen molar-refractivity contribution < 1.29 is 9.90 Å². The number of carboxylic acids is 1. The van der Waals surface area contributed by atoms with Crippen molar-refractivity contribution in [3.63, 3.8) is 0 Å². The molecule has 0 aliphatic rings. The minimum absolute atomic E-state index is 0.841. The van der Waals surface area contributed by atoms with Gasteiger partial charge in [0, 0.05) is 16.7 Å². The summed E-state index contributed by atoms with van der Waals surface area (Å²) < 4.78 is 0. The van der Waals surface area contributed by atoms with Crippen LogP contribution in [-0.2, 0) is 4.79 Å². The molecule has 0 fully saturated rings. The fourth-order valence-corrected chi connectivity index (χ4v) is 1.68. The van der Waals surface area contributed by atoms with Crippen LogP contribution >= 0.6 is 11.8 Å². The van der Waals surface area contributed by atoms with Crippen LogP contribution in [0.25, 0.3) is 0 Å². The second-order valence-corrected chi connectivity index (χ2v) is 3.84. The third-order valence-corrected chi connectivity index (χ3v) is 2.54. The molecule has 0 aliphatic heterocycles. The number of aliphatic carboxylic acids is 1. The predicted molar refractivity (Wildman–Crippen MR) is 63.1 cm³/mol. The normalized spacial score (nSPS) is 11.2. The van der Waals surface area contributed by atoms with Crippen LogP contribution in [0.5, 0.6) is 0 Å². The van der Waals surface area contributed by atoms with Gasteiger partial charge in [-0.25, -0.2) is 4.79 Å². The first-order valence-electron chi connectivity index (χ1n) is 4.53. The van der Waals surface area contributed by atoms with Crippen molar-refractivity contribution >= 4 is 17.7 Å². The Kier molecular flexibility index (Phi) is 5.33. The van der Waals surface area contributed by atoms with Gasteiger partial charge >= 0.3 is 5.97 Å². The molecule has 0 saturated carbocycles. The Balaban J connectivity index is 2.25. The van der Waals surface area contributed by atoms with Crippen molar-refractivity contribution in [2.24, 2.45) is 0 Å². The van der Waals surface area contributed by atoms with Crippen LogP contribution in [0.3, 0.4) is 0 Å². The topological polar surface area (TPSA) is 37.3 Å². The minimum Gasteiger partial charge on any atom is -0.478 e. The molecule has 2 nitrogen and oxygen atoms in total. The average molecular weight is 220 g/mol. The molecule has 0 bridgehead atoms. The Morgan fingerprint density at radius 2 is 2.00 bits per heavy atom. The Hall–Kier alpha value is -1.48. The summed E-state index contributed by atoms with van der Waals surface area (Å²) in [5.74, 6) is -0.0797. The van der Waals surface area contributed by atoms with Gasteiger partial charge in [-0.05, 0) is 12.1 Å². The molecule has 0 aliphatic carbocycles. The summed E-state index contributed by atoms with van der Waals surface area (Å²) in [6, 6.07) is 10.1. The molecule has 78 valence electrons. The number of carboxylic acid groups (broad SMARTS) is 1. The molecule has 0 heterocycles. The molecule has 1 aromatic rings. The molecule has 15 heavy (non-hydrogen) atoms. The molecule has 1 N–H and O–H groups in total. The van der Waals surface area contributed by atoms with E-state index in [4.69, 9.17) is 5.11 Å². The highest BCUT2D eigenvalue weighted by Crippen LogP contribution is 2.16. The highest BCUT2D eigenvalue weighted by atomic mass is 32.2. The molecule has 0 atom stereocenters. The van der Waals surface area contributed by atoms with Crippen molar-refractivity contribution in [1.29, 1.82) is 0 Å². The van der Waals surface area contributed by atoms with Gasteiger partial charge in [-0.1, -0.05) is 36.4 Å². The first-order valence-corrected chi connectivity index (χ1v) is 5.51. The Bertz CT molecular complexity index is 355. The van der Waals surface area contributed by atoms with Crippen molar-refractivity contribution in [3.05, 3.63) is 54.6 Å². The Labute approximate surface area is 93.3 Å². The van der Waals surface area contributed by atoms with Crippen molar-refractivity contribution in [1.82, 2.24) is 0 Å². The average Bonchev–Trinajstić information content (AvgIpc) is 2.24. The molecule has 3 heteroatoms. The first-order chi connectivity index (χ1) is 7.29. The van der Waals surface area contributed by atoms with E-state index in [-0.39, 0.29) is 0 Å². The van der Waals surface area contributed by atoms with Gasteiger partial charge < -0.3 is 5.11 Å². The van der Waals surface area contributed by atoms with Crippen LogP contribution in [0.1, 0.15) is 0 Å². The van der Waals surface area contributed by atoms with Gasteiger partial charge in [0.1, 0.15) is 0 Å². The van der Waals surface area contributed by atoms with Gasteiger partial charge in [0.05, 0.1) is 0 Å². The fourth-order valence-electron chi connectivity index (χ4n) is 0.933. The summed E-state index contributed by atoms with van der Waals surface area (Å²) in [5.41, 5.74) is 0. The van der Waals surface area contributed by atoms with Gasteiger partial charge in [-0.2, -0.15) is 0 Å². The molecule has 0 unspecified atom stereocenters. The number of carbonyl (C=O) groups is 1. The highest BCUT2D eigenvalue weighted by molar-refractivity contribution is 7.99. The summed E-state index contributed by atoms with van der Waals surface area (Å²) >= 11 is 1.71. The van der Waals surface area contributed by atoms with E-state index < -0.39 is 5.97 Å². The lowest BCUT2D eigenvalue weighted by atomic mass is 10.4. The maximum atomic E-state index is 10.1. The molecular weight excluding hydrogens is 208 g/mol. The molecule has 1 aromatic carbocycles. The number of thioether (sulfide) groups is 1. The predicted octanol–water partition coefficient (Wildman–Crippen LogP) is 2.98. The molecule has 0 aromatic heterocycles. The van der Waals surface area contributed by atoms with Crippen LogP contribution in [-0.4, -0.2) is 16.8 Å². The second kappa shape index (κ2) is 6.90. The van der Waals surface area contributed by atoms with Gasteiger partial charge in [-0.3, -0.25) is 0 Å². The third kappa shape index (κ3) is 5.75. The number of hydrogen-bond acceptors (Lipinski definition) is 2. The quantitative estimate of drug-likeness (QED) is 0.471. The molecule has 0 saturated heterocycles. The smallest absolute Gasteiger partial charge is 0.328 e. The Morgan fingerprint density at radius 3 is 2.67 bits per heavy atom. The first kappa shape index (κ1) is 11.6. The van der Waals surface area contributed by atoms with Gasteiger partial charge in [-0.15, -0.1) is 11.8 Å². The Morgan fingerprint density at radius 1 is 1.27 bits per heavy atom.